The molecule has 0 fully saturated rings. The van der Waals surface area contributed by atoms with Gasteiger partial charge in [0.1, 0.15) is 11.5 Å². The molecule has 2 rings (SSSR count). The number of halogens is 3. The molecule has 0 aliphatic heterocycles. The number of guanidine groups is 1. The molecule has 2 N–H and O–H groups in total. The summed E-state index contributed by atoms with van der Waals surface area (Å²) >= 11 is 0. The molecular formula is C19H28F2IN5O2. The average molecular weight is 523 g/mol. The summed E-state index contributed by atoms with van der Waals surface area (Å²) in [5.41, 5.74) is 0.588. The predicted molar refractivity (Wildman–Crippen MR) is 119 cm³/mol. The minimum absolute atomic E-state index is 0. The summed E-state index contributed by atoms with van der Waals surface area (Å²) in [5, 5.41) is 6.30. The van der Waals surface area contributed by atoms with E-state index in [4.69, 9.17) is 4.74 Å². The topological polar surface area (TPSA) is 72.7 Å². The monoisotopic (exact) mass is 523 g/mol. The van der Waals surface area contributed by atoms with Crippen LogP contribution in [0.4, 0.5) is 8.78 Å². The molecule has 0 saturated carbocycles. The molecule has 0 bridgehead atoms. The van der Waals surface area contributed by atoms with Crippen molar-refractivity contribution in [2.24, 2.45) is 4.99 Å². The van der Waals surface area contributed by atoms with E-state index < -0.39 is 6.61 Å². The van der Waals surface area contributed by atoms with E-state index >= 15 is 0 Å². The molecule has 7 nitrogen and oxygen atoms in total. The van der Waals surface area contributed by atoms with Crippen molar-refractivity contribution in [1.82, 2.24) is 20.2 Å². The summed E-state index contributed by atoms with van der Waals surface area (Å²) in [6.07, 6.45) is 7.14. The van der Waals surface area contributed by atoms with Gasteiger partial charge in [-0.2, -0.15) is 8.78 Å². The summed E-state index contributed by atoms with van der Waals surface area (Å²) < 4.78 is 37.6. The number of hydrogen-bond acceptors (Lipinski definition) is 4. The number of nitrogens with one attached hydrogen (secondary N) is 2. The van der Waals surface area contributed by atoms with E-state index in [0.717, 1.165) is 19.4 Å². The average Bonchev–Trinajstić information content (AvgIpc) is 3.20. The second-order valence-corrected chi connectivity index (χ2v) is 6.00. The van der Waals surface area contributed by atoms with E-state index in [-0.39, 0.29) is 36.3 Å². The molecule has 0 saturated heterocycles. The number of hydrogen-bond donors (Lipinski definition) is 2. The molecule has 0 amide bonds. The first-order valence-corrected chi connectivity index (χ1v) is 9.23. The minimum Gasteiger partial charge on any atom is -0.493 e. The number of nitrogens with zero attached hydrogens (tertiary/aromatic N) is 3. The van der Waals surface area contributed by atoms with Gasteiger partial charge >= 0.3 is 6.61 Å². The van der Waals surface area contributed by atoms with Gasteiger partial charge in [-0.05, 0) is 25.0 Å². The Labute approximate surface area is 186 Å². The Hall–Kier alpha value is -2.11. The second kappa shape index (κ2) is 14.0. The number of ether oxygens (including phenoxy) is 2. The van der Waals surface area contributed by atoms with Crippen molar-refractivity contribution in [3.8, 4) is 11.5 Å². The van der Waals surface area contributed by atoms with Gasteiger partial charge in [-0.3, -0.25) is 4.99 Å². The van der Waals surface area contributed by atoms with Crippen LogP contribution in [0.2, 0.25) is 0 Å². The van der Waals surface area contributed by atoms with E-state index in [9.17, 15) is 8.78 Å². The highest BCUT2D eigenvalue weighted by Gasteiger charge is 2.12. The molecule has 10 heteroatoms. The third-order valence-corrected chi connectivity index (χ3v) is 3.84. The zero-order valence-corrected chi connectivity index (χ0v) is 18.9. The molecule has 162 valence electrons. The van der Waals surface area contributed by atoms with Crippen LogP contribution in [0.25, 0.3) is 0 Å². The Kier molecular flexibility index (Phi) is 12.0. The molecule has 0 radical (unpaired) electrons. The Balaban J connectivity index is 0.00000420. The lowest BCUT2D eigenvalue weighted by Gasteiger charge is -2.16. The lowest BCUT2D eigenvalue weighted by Crippen LogP contribution is -2.37. The van der Waals surface area contributed by atoms with Crippen LogP contribution >= 0.6 is 24.0 Å². The van der Waals surface area contributed by atoms with Gasteiger partial charge in [0.05, 0.1) is 12.9 Å². The van der Waals surface area contributed by atoms with Gasteiger partial charge in [-0.1, -0.05) is 6.92 Å². The first-order valence-electron chi connectivity index (χ1n) is 9.23. The minimum atomic E-state index is -2.90. The molecule has 0 atom stereocenters. The van der Waals surface area contributed by atoms with Crippen LogP contribution in [0.15, 0.2) is 41.9 Å². The van der Waals surface area contributed by atoms with Crippen molar-refractivity contribution in [3.63, 3.8) is 0 Å². The van der Waals surface area contributed by atoms with Gasteiger partial charge in [0, 0.05) is 50.7 Å². The fraction of sp³-hybridized carbons (Fsp3) is 0.474. The summed E-state index contributed by atoms with van der Waals surface area (Å²) in [6.45, 7) is 1.43. The van der Waals surface area contributed by atoms with Crippen LogP contribution in [-0.2, 0) is 13.1 Å². The third-order valence-electron chi connectivity index (χ3n) is 3.84. The van der Waals surface area contributed by atoms with E-state index in [1.54, 1.807) is 31.7 Å². The van der Waals surface area contributed by atoms with Crippen molar-refractivity contribution in [2.45, 2.75) is 39.5 Å². The highest BCUT2D eigenvalue weighted by Crippen LogP contribution is 2.26. The fourth-order valence-corrected chi connectivity index (χ4v) is 2.48. The molecule has 1 aromatic carbocycles. The maximum atomic E-state index is 12.7. The van der Waals surface area contributed by atoms with Crippen LogP contribution in [0.3, 0.4) is 0 Å². The molecule has 2 aromatic rings. The van der Waals surface area contributed by atoms with Gasteiger partial charge in [0.15, 0.2) is 5.96 Å². The SMILES string of the molecule is CCCOc1ccc(CNC(=NC)NCCCn2ccnc2)c(OC(F)F)c1.I. The largest absolute Gasteiger partial charge is 0.493 e. The Morgan fingerprint density at radius 3 is 2.79 bits per heavy atom. The quantitative estimate of drug-likeness (QED) is 0.204. The van der Waals surface area contributed by atoms with Crippen LogP contribution in [0, 0.1) is 0 Å². The van der Waals surface area contributed by atoms with E-state index in [0.29, 0.717) is 30.4 Å². The zero-order chi connectivity index (χ0) is 20.2. The summed E-state index contributed by atoms with van der Waals surface area (Å²) in [7, 11) is 1.66. The van der Waals surface area contributed by atoms with E-state index in [2.05, 4.69) is 25.3 Å². The Morgan fingerprint density at radius 2 is 2.14 bits per heavy atom. The highest BCUT2D eigenvalue weighted by atomic mass is 127. The summed E-state index contributed by atoms with van der Waals surface area (Å²) in [4.78, 5) is 8.15. The molecule has 1 aromatic heterocycles. The van der Waals surface area contributed by atoms with Gasteiger partial charge < -0.3 is 24.7 Å². The number of rotatable bonds is 11. The number of aromatic nitrogens is 2. The predicted octanol–water partition coefficient (Wildman–Crippen LogP) is 3.65. The lowest BCUT2D eigenvalue weighted by molar-refractivity contribution is -0.0505. The van der Waals surface area contributed by atoms with E-state index in [1.807, 2.05) is 17.7 Å². The summed E-state index contributed by atoms with van der Waals surface area (Å²) in [5.74, 6) is 1.18. The fourth-order valence-electron chi connectivity index (χ4n) is 2.48. The van der Waals surface area contributed by atoms with Crippen LogP contribution in [0.1, 0.15) is 25.3 Å². The zero-order valence-electron chi connectivity index (χ0n) is 16.6. The van der Waals surface area contributed by atoms with Gasteiger partial charge in [0.2, 0.25) is 0 Å². The first kappa shape index (κ1) is 24.9. The smallest absolute Gasteiger partial charge is 0.387 e. The summed E-state index contributed by atoms with van der Waals surface area (Å²) in [6, 6.07) is 4.94. The number of imidazole rings is 1. The van der Waals surface area contributed by atoms with Crippen LogP contribution < -0.4 is 20.1 Å². The second-order valence-electron chi connectivity index (χ2n) is 6.00. The van der Waals surface area contributed by atoms with E-state index in [1.165, 1.54) is 6.07 Å². The number of alkyl halides is 2. The highest BCUT2D eigenvalue weighted by molar-refractivity contribution is 14.0. The van der Waals surface area contributed by atoms with Crippen molar-refractivity contribution in [1.29, 1.82) is 0 Å². The number of aryl methyl sites for hydroxylation is 1. The molecule has 0 spiro atoms. The van der Waals surface area contributed by atoms with Crippen molar-refractivity contribution < 1.29 is 18.3 Å². The van der Waals surface area contributed by atoms with Crippen LogP contribution in [0.5, 0.6) is 11.5 Å². The number of benzene rings is 1. The van der Waals surface area contributed by atoms with Gasteiger partial charge in [-0.15, -0.1) is 24.0 Å². The van der Waals surface area contributed by atoms with Crippen molar-refractivity contribution in [3.05, 3.63) is 42.5 Å². The molecule has 0 unspecified atom stereocenters. The normalized spacial score (nSPS) is 11.1. The number of aliphatic imine (C=N–C) groups is 1. The molecule has 0 aliphatic rings. The van der Waals surface area contributed by atoms with Gasteiger partial charge in [-0.25, -0.2) is 4.98 Å². The molecule has 1 heterocycles. The molecule has 0 aliphatic carbocycles. The maximum Gasteiger partial charge on any atom is 0.387 e. The Bertz CT molecular complexity index is 729. The van der Waals surface area contributed by atoms with Crippen molar-refractivity contribution >= 4 is 29.9 Å². The van der Waals surface area contributed by atoms with Crippen LogP contribution in [-0.4, -0.2) is 42.3 Å². The standard InChI is InChI=1S/C19H27F2N5O2.HI/c1-3-11-27-16-6-5-15(17(12-16)28-18(20)21)13-25-19(22-2)24-7-4-9-26-10-8-23-14-26;/h5-6,8,10,12,14,18H,3-4,7,9,11,13H2,1-2H3,(H2,22,24,25);1H. The third kappa shape index (κ3) is 9.29. The van der Waals surface area contributed by atoms with Gasteiger partial charge in [0.25, 0.3) is 0 Å². The van der Waals surface area contributed by atoms with Crippen molar-refractivity contribution in [2.75, 3.05) is 20.2 Å². The maximum absolute atomic E-state index is 12.7. The first-order chi connectivity index (χ1) is 13.6. The lowest BCUT2D eigenvalue weighted by atomic mass is 10.2. The molecular weight excluding hydrogens is 495 g/mol. The Morgan fingerprint density at radius 1 is 1.31 bits per heavy atom. The molecule has 29 heavy (non-hydrogen) atoms.